The largest absolute Gasteiger partial charge is 0.340 e. The maximum absolute atomic E-state index is 6.06. The van der Waals surface area contributed by atoms with Crippen LogP contribution in [0.3, 0.4) is 0 Å². The molecule has 0 atom stereocenters. The van der Waals surface area contributed by atoms with Crippen LogP contribution in [0.4, 0.5) is 0 Å². The third kappa shape index (κ3) is 2.57. The van der Waals surface area contributed by atoms with Crippen molar-refractivity contribution >= 4 is 11.8 Å². The Morgan fingerprint density at radius 2 is 1.89 bits per heavy atom. The molecule has 0 aliphatic carbocycles. The van der Waals surface area contributed by atoms with Crippen molar-refractivity contribution in [3.8, 4) is 12.3 Å². The van der Waals surface area contributed by atoms with E-state index in [1.165, 1.54) is 0 Å². The van der Waals surface area contributed by atoms with Crippen molar-refractivity contribution in [2.45, 2.75) is 51.6 Å². The number of thioether (sulfide) groups is 1. The first-order valence-corrected chi connectivity index (χ1v) is 7.77. The van der Waals surface area contributed by atoms with Gasteiger partial charge in [0.25, 0.3) is 0 Å². The maximum atomic E-state index is 6.06. The zero-order valence-corrected chi connectivity index (χ0v) is 12.6. The van der Waals surface area contributed by atoms with E-state index in [-0.39, 0.29) is 15.9 Å². The van der Waals surface area contributed by atoms with Gasteiger partial charge in [-0.2, -0.15) is 0 Å². The summed E-state index contributed by atoms with van der Waals surface area (Å²) < 4.78 is 12.1. The molecule has 3 aliphatic heterocycles. The summed E-state index contributed by atoms with van der Waals surface area (Å²) in [7, 11) is 0. The van der Waals surface area contributed by atoms with E-state index in [0.717, 1.165) is 44.6 Å². The predicted molar refractivity (Wildman–Crippen MR) is 76.3 cm³/mol. The highest BCUT2D eigenvalue weighted by molar-refractivity contribution is 8.00. The number of rotatable bonds is 4. The van der Waals surface area contributed by atoms with Crippen LogP contribution in [0.2, 0.25) is 0 Å². The summed E-state index contributed by atoms with van der Waals surface area (Å²) in [6.45, 7) is 8.51. The van der Waals surface area contributed by atoms with E-state index in [9.17, 15) is 0 Å². The van der Waals surface area contributed by atoms with Gasteiger partial charge in [0, 0.05) is 24.0 Å². The van der Waals surface area contributed by atoms with Crippen LogP contribution in [0.15, 0.2) is 0 Å². The van der Waals surface area contributed by atoms with Crippen LogP contribution in [0.1, 0.15) is 46.5 Å². The molecule has 102 valence electrons. The number of fused-ring (bicyclic) bond motifs is 3. The molecular formula is C15H24O2S. The molecule has 3 rings (SSSR count). The van der Waals surface area contributed by atoms with Gasteiger partial charge in [-0.05, 0) is 18.3 Å². The zero-order valence-electron chi connectivity index (χ0n) is 11.8. The molecule has 0 amide bonds. The molecule has 3 fully saturated rings. The Labute approximate surface area is 115 Å². The Bertz CT molecular complexity index is 313. The molecule has 3 saturated heterocycles. The monoisotopic (exact) mass is 268 g/mol. The number of ether oxygens (including phenoxy) is 2. The minimum atomic E-state index is -0.373. The molecule has 0 aromatic heterocycles. The van der Waals surface area contributed by atoms with Crippen LogP contribution in [0, 0.1) is 23.2 Å². The summed E-state index contributed by atoms with van der Waals surface area (Å²) in [6, 6.07) is 0. The van der Waals surface area contributed by atoms with Crippen LogP contribution >= 0.6 is 11.8 Å². The third-order valence-electron chi connectivity index (χ3n) is 4.35. The fourth-order valence-electron chi connectivity index (χ4n) is 2.43. The van der Waals surface area contributed by atoms with E-state index in [1.54, 1.807) is 0 Å². The summed E-state index contributed by atoms with van der Waals surface area (Å²) in [5.74, 6) is 3.83. The maximum Gasteiger partial charge on any atom is 0.218 e. The average Bonchev–Trinajstić information content (AvgIpc) is 2.36. The van der Waals surface area contributed by atoms with E-state index in [2.05, 4.69) is 26.7 Å². The van der Waals surface area contributed by atoms with Gasteiger partial charge in [-0.15, -0.1) is 12.3 Å². The molecule has 2 bridgehead atoms. The third-order valence-corrected chi connectivity index (χ3v) is 5.93. The standard InChI is InChI=1S/C15H24O2S/c1-5-6-7-8-9-15-16-10-14(11-17-15,12-18-15)13(2,3)4/h1H,6-12H2,2-4H3. The van der Waals surface area contributed by atoms with Gasteiger partial charge in [0.05, 0.1) is 13.2 Å². The lowest BCUT2D eigenvalue weighted by Gasteiger charge is -2.57. The van der Waals surface area contributed by atoms with Gasteiger partial charge in [0.2, 0.25) is 5.12 Å². The number of hydrogen-bond donors (Lipinski definition) is 0. The van der Waals surface area contributed by atoms with E-state index in [4.69, 9.17) is 15.9 Å². The summed E-state index contributed by atoms with van der Waals surface area (Å²) in [6.07, 6.45) is 9.23. The molecule has 0 saturated carbocycles. The van der Waals surface area contributed by atoms with Crippen LogP contribution in [-0.4, -0.2) is 24.1 Å². The second-order valence-corrected chi connectivity index (χ2v) is 7.69. The highest BCUT2D eigenvalue weighted by atomic mass is 32.2. The minimum absolute atomic E-state index is 0.179. The second kappa shape index (κ2) is 5.07. The quantitative estimate of drug-likeness (QED) is 0.572. The lowest BCUT2D eigenvalue weighted by atomic mass is 9.68. The van der Waals surface area contributed by atoms with E-state index in [1.807, 2.05) is 11.8 Å². The Kier molecular flexibility index (Phi) is 4.02. The van der Waals surface area contributed by atoms with Gasteiger partial charge in [-0.3, -0.25) is 0 Å². The van der Waals surface area contributed by atoms with Crippen molar-refractivity contribution in [1.82, 2.24) is 0 Å². The Morgan fingerprint density at radius 1 is 1.22 bits per heavy atom. The van der Waals surface area contributed by atoms with Crippen molar-refractivity contribution < 1.29 is 9.47 Å². The predicted octanol–water partition coefficient (Wildman–Crippen LogP) is 3.66. The van der Waals surface area contributed by atoms with E-state index >= 15 is 0 Å². The molecule has 3 heterocycles. The van der Waals surface area contributed by atoms with Crippen molar-refractivity contribution in [1.29, 1.82) is 0 Å². The van der Waals surface area contributed by atoms with Gasteiger partial charge in [-0.1, -0.05) is 32.5 Å². The van der Waals surface area contributed by atoms with Gasteiger partial charge in [0.15, 0.2) is 0 Å². The molecular weight excluding hydrogens is 244 g/mol. The normalized spacial score (nSPS) is 35.4. The number of unbranched alkanes of at least 4 members (excludes halogenated alkanes) is 2. The average molecular weight is 268 g/mol. The van der Waals surface area contributed by atoms with Gasteiger partial charge in [-0.25, -0.2) is 0 Å². The molecule has 0 aromatic carbocycles. The first-order valence-electron chi connectivity index (χ1n) is 6.78. The zero-order chi connectivity index (χ0) is 13.3. The fraction of sp³-hybridized carbons (Fsp3) is 0.867. The summed E-state index contributed by atoms with van der Waals surface area (Å²) >= 11 is 1.85. The SMILES string of the molecule is C#CCCCCC12OCC(C(C)(C)C)(CO1)CS2. The van der Waals surface area contributed by atoms with E-state index in [0.29, 0.717) is 0 Å². The molecule has 0 aromatic rings. The molecule has 0 N–H and O–H groups in total. The smallest absolute Gasteiger partial charge is 0.218 e. The lowest BCUT2D eigenvalue weighted by Crippen LogP contribution is -2.60. The summed E-state index contributed by atoms with van der Waals surface area (Å²) in [4.78, 5) is 0. The van der Waals surface area contributed by atoms with Gasteiger partial charge >= 0.3 is 0 Å². The summed E-state index contributed by atoms with van der Waals surface area (Å²) in [5.41, 5.74) is 0.411. The van der Waals surface area contributed by atoms with Crippen molar-refractivity contribution in [2.24, 2.45) is 10.8 Å². The minimum Gasteiger partial charge on any atom is -0.340 e. The first-order chi connectivity index (χ1) is 8.43. The molecule has 3 aliphatic rings. The van der Waals surface area contributed by atoms with Crippen molar-refractivity contribution in [3.63, 3.8) is 0 Å². The van der Waals surface area contributed by atoms with Crippen LogP contribution in [0.5, 0.6) is 0 Å². The fourth-order valence-corrected chi connectivity index (χ4v) is 4.10. The van der Waals surface area contributed by atoms with Gasteiger partial charge in [0.1, 0.15) is 0 Å². The van der Waals surface area contributed by atoms with E-state index < -0.39 is 0 Å². The van der Waals surface area contributed by atoms with Crippen LogP contribution < -0.4 is 0 Å². The van der Waals surface area contributed by atoms with Crippen LogP contribution in [0.25, 0.3) is 0 Å². The Morgan fingerprint density at radius 3 is 2.33 bits per heavy atom. The second-order valence-electron chi connectivity index (χ2n) is 6.49. The number of terminal acetylenes is 1. The topological polar surface area (TPSA) is 18.5 Å². The lowest BCUT2D eigenvalue weighted by molar-refractivity contribution is -0.278. The molecule has 18 heavy (non-hydrogen) atoms. The summed E-state index contributed by atoms with van der Waals surface area (Å²) in [5, 5.41) is -0.373. The molecule has 0 spiro atoms. The number of hydrogen-bond acceptors (Lipinski definition) is 3. The molecule has 3 heteroatoms. The van der Waals surface area contributed by atoms with Gasteiger partial charge < -0.3 is 9.47 Å². The van der Waals surface area contributed by atoms with Crippen LogP contribution in [-0.2, 0) is 9.47 Å². The van der Waals surface area contributed by atoms with Crippen molar-refractivity contribution in [2.75, 3.05) is 19.0 Å². The highest BCUT2D eigenvalue weighted by Gasteiger charge is 2.56. The Hall–Kier alpha value is -0.170. The first kappa shape index (κ1) is 14.2. The highest BCUT2D eigenvalue weighted by Crippen LogP contribution is 2.55. The molecule has 0 radical (unpaired) electrons. The Balaban J connectivity index is 1.90. The molecule has 0 unspecified atom stereocenters. The molecule has 2 nitrogen and oxygen atoms in total. The van der Waals surface area contributed by atoms with Crippen molar-refractivity contribution in [3.05, 3.63) is 0 Å².